The summed E-state index contributed by atoms with van der Waals surface area (Å²) in [6.45, 7) is 0.0970. The standard InChI is InChI=1S/C27H23N3O6/c1-30-23-13-18(9-11-27(33)16-34-17-27)7-8-24(23)35-15-22(26(30)32)29-25(31)21-14-20(10-12-28-21)36-19-5-3-2-4-6-19/h2-8,10,12-14,22,33H,15-17H2,1H3,(H,29,31)/i2D,3D,4D,5D,6D. The van der Waals surface area contributed by atoms with Gasteiger partial charge in [0.2, 0.25) is 0 Å². The van der Waals surface area contributed by atoms with E-state index >= 15 is 0 Å². The lowest BCUT2D eigenvalue weighted by atomic mass is 10.0. The smallest absolute Gasteiger partial charge is 0.270 e. The lowest BCUT2D eigenvalue weighted by Crippen LogP contribution is -2.49. The molecule has 0 spiro atoms. The minimum atomic E-state index is -1.19. The summed E-state index contributed by atoms with van der Waals surface area (Å²) in [6.07, 6.45) is 1.25. The second-order valence-electron chi connectivity index (χ2n) is 8.12. The number of nitrogens with zero attached hydrogens (tertiary/aromatic N) is 2. The second kappa shape index (κ2) is 9.70. The largest absolute Gasteiger partial charge is 0.489 e. The predicted octanol–water partition coefficient (Wildman–Crippen LogP) is 2.14. The zero-order chi connectivity index (χ0) is 29.5. The van der Waals surface area contributed by atoms with Crippen molar-refractivity contribution in [2.45, 2.75) is 11.6 Å². The first-order chi connectivity index (χ1) is 19.5. The van der Waals surface area contributed by atoms with Crippen LogP contribution in [0.4, 0.5) is 5.69 Å². The number of pyridine rings is 1. The van der Waals surface area contributed by atoms with Crippen LogP contribution >= 0.6 is 0 Å². The Bertz CT molecular complexity index is 1610. The molecule has 0 aliphatic carbocycles. The van der Waals surface area contributed by atoms with Gasteiger partial charge in [-0.05, 0) is 36.4 Å². The Morgan fingerprint density at radius 1 is 1.25 bits per heavy atom. The van der Waals surface area contributed by atoms with E-state index in [9.17, 15) is 14.7 Å². The number of carbonyl (C=O) groups excluding carboxylic acids is 2. The number of benzene rings is 2. The number of nitrogens with one attached hydrogen (secondary N) is 1. The number of rotatable bonds is 4. The summed E-state index contributed by atoms with van der Waals surface area (Å²) in [4.78, 5) is 31.6. The molecule has 36 heavy (non-hydrogen) atoms. The number of aliphatic hydroxyl groups is 1. The van der Waals surface area contributed by atoms with Gasteiger partial charge in [-0.2, -0.15) is 0 Å². The summed E-state index contributed by atoms with van der Waals surface area (Å²) < 4.78 is 55.6. The molecule has 9 heteroatoms. The summed E-state index contributed by atoms with van der Waals surface area (Å²) in [6, 6.07) is 3.74. The van der Waals surface area contributed by atoms with Crippen molar-refractivity contribution in [1.29, 1.82) is 0 Å². The molecule has 0 radical (unpaired) electrons. The van der Waals surface area contributed by atoms with Gasteiger partial charge < -0.3 is 29.5 Å². The molecule has 3 heterocycles. The van der Waals surface area contributed by atoms with E-state index in [1.807, 2.05) is 0 Å². The fraction of sp³-hybridized carbons (Fsp3) is 0.222. The Hall–Kier alpha value is -4.39. The van der Waals surface area contributed by atoms with E-state index in [1.54, 1.807) is 18.2 Å². The van der Waals surface area contributed by atoms with Crippen LogP contribution in [0.15, 0.2) is 66.7 Å². The first-order valence-electron chi connectivity index (χ1n) is 13.4. The van der Waals surface area contributed by atoms with Crippen LogP contribution in [0.2, 0.25) is 0 Å². The van der Waals surface area contributed by atoms with Crippen LogP contribution in [0.5, 0.6) is 17.2 Å². The van der Waals surface area contributed by atoms with Crippen LogP contribution in [0, 0.1) is 11.8 Å². The van der Waals surface area contributed by atoms with Crippen molar-refractivity contribution in [3.05, 3.63) is 78.0 Å². The number of amides is 2. The summed E-state index contributed by atoms with van der Waals surface area (Å²) in [5.74, 6) is 4.46. The zero-order valence-corrected chi connectivity index (χ0v) is 19.0. The van der Waals surface area contributed by atoms with Crippen LogP contribution in [0.25, 0.3) is 0 Å². The SMILES string of the molecule is [2H]c1c([2H])c([2H])c(Oc2ccnc(C(=O)NC3COc4ccc(C#CC5(O)COC5)cc4N(C)C3=O)c2)c([2H])c1[2H]. The van der Waals surface area contributed by atoms with Gasteiger partial charge in [0.1, 0.15) is 35.6 Å². The second-order valence-corrected chi connectivity index (χ2v) is 8.12. The van der Waals surface area contributed by atoms with E-state index < -0.39 is 59.4 Å². The molecule has 2 N–H and O–H groups in total. The average Bonchev–Trinajstić information content (AvgIpc) is 3.07. The highest BCUT2D eigenvalue weighted by Crippen LogP contribution is 2.31. The lowest BCUT2D eigenvalue weighted by Gasteiger charge is -2.30. The van der Waals surface area contributed by atoms with Crippen molar-refractivity contribution in [3.8, 4) is 29.1 Å². The molecule has 1 atom stereocenters. The normalized spacial score (nSPS) is 19.8. The number of para-hydroxylation sites is 1. The van der Waals surface area contributed by atoms with Crippen molar-refractivity contribution in [2.75, 3.05) is 31.8 Å². The lowest BCUT2D eigenvalue weighted by molar-refractivity contribution is -0.140. The van der Waals surface area contributed by atoms with E-state index in [0.29, 0.717) is 17.0 Å². The molecule has 9 nitrogen and oxygen atoms in total. The van der Waals surface area contributed by atoms with Gasteiger partial charge in [-0.25, -0.2) is 0 Å². The van der Waals surface area contributed by atoms with Gasteiger partial charge in [-0.3, -0.25) is 14.6 Å². The summed E-state index contributed by atoms with van der Waals surface area (Å²) >= 11 is 0. The maximum atomic E-state index is 13.2. The van der Waals surface area contributed by atoms with Gasteiger partial charge >= 0.3 is 0 Å². The third-order valence-electron chi connectivity index (χ3n) is 5.44. The van der Waals surface area contributed by atoms with E-state index in [4.69, 9.17) is 21.1 Å². The highest BCUT2D eigenvalue weighted by Gasteiger charge is 2.34. The molecule has 0 bridgehead atoms. The maximum absolute atomic E-state index is 13.2. The van der Waals surface area contributed by atoms with Crippen LogP contribution in [-0.4, -0.2) is 60.4 Å². The summed E-state index contributed by atoms with van der Waals surface area (Å²) in [7, 11) is 1.53. The van der Waals surface area contributed by atoms with Crippen LogP contribution in [0.3, 0.4) is 0 Å². The van der Waals surface area contributed by atoms with Gasteiger partial charge in [-0.1, -0.05) is 30.0 Å². The first kappa shape index (κ1) is 18.0. The van der Waals surface area contributed by atoms with E-state index in [0.717, 1.165) is 0 Å². The van der Waals surface area contributed by atoms with Gasteiger partial charge in [0.15, 0.2) is 5.60 Å². The monoisotopic (exact) mass is 490 g/mol. The Labute approximate surface area is 214 Å². The average molecular weight is 491 g/mol. The molecule has 1 saturated heterocycles. The van der Waals surface area contributed by atoms with E-state index in [1.165, 1.54) is 30.3 Å². The molecule has 1 unspecified atom stereocenters. The van der Waals surface area contributed by atoms with Crippen LogP contribution in [0.1, 0.15) is 22.9 Å². The number of likely N-dealkylation sites (N-methyl/N-ethyl adjacent to an activating group) is 1. The molecule has 5 rings (SSSR count). The zero-order valence-electron chi connectivity index (χ0n) is 24.0. The van der Waals surface area contributed by atoms with Crippen LogP contribution in [-0.2, 0) is 9.53 Å². The molecule has 3 aromatic rings. The molecule has 0 saturated carbocycles. The maximum Gasteiger partial charge on any atom is 0.270 e. The van der Waals surface area contributed by atoms with Gasteiger partial charge in [0.05, 0.1) is 25.8 Å². The molecule has 2 aromatic carbocycles. The number of ether oxygens (including phenoxy) is 3. The summed E-state index contributed by atoms with van der Waals surface area (Å²) in [5.41, 5.74) is -0.342. The minimum absolute atomic E-state index is 0.00316. The Balaban J connectivity index is 1.31. The number of hydrogen-bond donors (Lipinski definition) is 2. The van der Waals surface area contributed by atoms with Gasteiger partial charge in [0.25, 0.3) is 11.8 Å². The molecule has 2 aliphatic heterocycles. The topological polar surface area (TPSA) is 110 Å². The van der Waals surface area contributed by atoms with Crippen molar-refractivity contribution < 1.29 is 35.8 Å². The number of fused-ring (bicyclic) bond motifs is 1. The molecule has 2 aliphatic rings. The Kier molecular flexibility index (Phi) is 4.84. The minimum Gasteiger partial charge on any atom is -0.489 e. The molecule has 2 amide bonds. The summed E-state index contributed by atoms with van der Waals surface area (Å²) in [5, 5.41) is 12.7. The third-order valence-corrected chi connectivity index (χ3v) is 5.44. The van der Waals surface area contributed by atoms with Crippen molar-refractivity contribution in [3.63, 3.8) is 0 Å². The van der Waals surface area contributed by atoms with Crippen LogP contribution < -0.4 is 19.7 Å². The molecule has 1 fully saturated rings. The molecular weight excluding hydrogens is 462 g/mol. The highest BCUT2D eigenvalue weighted by molar-refractivity contribution is 6.03. The highest BCUT2D eigenvalue weighted by atomic mass is 16.5. The van der Waals surface area contributed by atoms with Gasteiger partial charge in [0, 0.05) is 24.9 Å². The molecule has 1 aromatic heterocycles. The molecule has 182 valence electrons. The fourth-order valence-corrected chi connectivity index (χ4v) is 3.47. The molecular formula is C27H23N3O6. The van der Waals surface area contributed by atoms with Crippen molar-refractivity contribution >= 4 is 17.5 Å². The van der Waals surface area contributed by atoms with E-state index in [-0.39, 0.29) is 31.3 Å². The number of hydrogen-bond acceptors (Lipinski definition) is 7. The Morgan fingerprint density at radius 3 is 2.81 bits per heavy atom. The fourth-order valence-electron chi connectivity index (χ4n) is 3.47. The predicted molar refractivity (Wildman–Crippen MR) is 130 cm³/mol. The van der Waals surface area contributed by atoms with Crippen molar-refractivity contribution in [2.24, 2.45) is 0 Å². The number of anilines is 1. The van der Waals surface area contributed by atoms with E-state index in [2.05, 4.69) is 22.1 Å². The number of carbonyl (C=O) groups is 2. The third kappa shape index (κ3) is 5.00. The van der Waals surface area contributed by atoms with Crippen molar-refractivity contribution in [1.82, 2.24) is 10.3 Å². The quantitative estimate of drug-likeness (QED) is 0.539. The van der Waals surface area contributed by atoms with Gasteiger partial charge in [-0.15, -0.1) is 0 Å². The number of aromatic nitrogens is 1. The first-order valence-corrected chi connectivity index (χ1v) is 10.9. The Morgan fingerprint density at radius 2 is 2.06 bits per heavy atom.